The van der Waals surface area contributed by atoms with E-state index in [4.69, 9.17) is 9.47 Å². The second kappa shape index (κ2) is 9.34. The Labute approximate surface area is 188 Å². The van der Waals surface area contributed by atoms with Crippen molar-refractivity contribution >= 4 is 23.2 Å². The SMILES string of the molecule is C=CCN1C(=O)CCc2c(N3CCN(C(=O)c4ccc(OC)c(OC)c4)CC3)cccc21. The summed E-state index contributed by atoms with van der Waals surface area (Å²) in [6.07, 6.45) is 3.01. The quantitative estimate of drug-likeness (QED) is 0.653. The fraction of sp³-hybridized carbons (Fsp3) is 0.360. The van der Waals surface area contributed by atoms with Gasteiger partial charge >= 0.3 is 0 Å². The van der Waals surface area contributed by atoms with E-state index in [0.29, 0.717) is 43.1 Å². The minimum atomic E-state index is -0.0107. The first kappa shape index (κ1) is 21.7. The number of carbonyl (C=O) groups is 2. The van der Waals surface area contributed by atoms with Gasteiger partial charge in [-0.2, -0.15) is 0 Å². The molecule has 4 rings (SSSR count). The summed E-state index contributed by atoms with van der Waals surface area (Å²) >= 11 is 0. The summed E-state index contributed by atoms with van der Waals surface area (Å²) in [5, 5.41) is 0. The molecule has 2 aliphatic heterocycles. The Bertz CT molecular complexity index is 1030. The Morgan fingerprint density at radius 3 is 2.41 bits per heavy atom. The zero-order valence-corrected chi connectivity index (χ0v) is 18.7. The lowest BCUT2D eigenvalue weighted by atomic mass is 9.98. The van der Waals surface area contributed by atoms with Crippen LogP contribution in [0.4, 0.5) is 11.4 Å². The van der Waals surface area contributed by atoms with Gasteiger partial charge in [0.15, 0.2) is 11.5 Å². The summed E-state index contributed by atoms with van der Waals surface area (Å²) in [6, 6.07) is 11.4. The molecule has 0 unspecified atom stereocenters. The first-order valence-corrected chi connectivity index (χ1v) is 10.9. The molecule has 0 bridgehead atoms. The summed E-state index contributed by atoms with van der Waals surface area (Å²) in [6.45, 7) is 7.05. The van der Waals surface area contributed by atoms with Crippen LogP contribution in [-0.2, 0) is 11.2 Å². The first-order chi connectivity index (χ1) is 15.6. The predicted molar refractivity (Wildman–Crippen MR) is 125 cm³/mol. The van der Waals surface area contributed by atoms with Crippen LogP contribution in [0.1, 0.15) is 22.3 Å². The van der Waals surface area contributed by atoms with Crippen molar-refractivity contribution in [3.05, 3.63) is 60.2 Å². The fourth-order valence-electron chi connectivity index (χ4n) is 4.50. The molecular formula is C25H29N3O4. The van der Waals surface area contributed by atoms with E-state index in [1.165, 1.54) is 5.56 Å². The van der Waals surface area contributed by atoms with Crippen LogP contribution in [0.2, 0.25) is 0 Å². The number of carbonyl (C=O) groups excluding carboxylic acids is 2. The molecule has 0 aliphatic carbocycles. The highest BCUT2D eigenvalue weighted by molar-refractivity contribution is 5.98. The third kappa shape index (κ3) is 4.02. The minimum Gasteiger partial charge on any atom is -0.493 e. The standard InChI is InChI=1S/C25H29N3O4/c1-4-12-28-21-7-5-6-20(19(21)9-11-24(28)29)26-13-15-27(16-14-26)25(30)18-8-10-22(31-2)23(17-18)32-3/h4-8,10,17H,1,9,11-16H2,2-3H3. The van der Waals surface area contributed by atoms with Gasteiger partial charge in [-0.05, 0) is 42.3 Å². The lowest BCUT2D eigenvalue weighted by molar-refractivity contribution is -0.118. The predicted octanol–water partition coefficient (Wildman–Crippen LogP) is 3.13. The summed E-state index contributed by atoms with van der Waals surface area (Å²) in [7, 11) is 3.14. The maximum Gasteiger partial charge on any atom is 0.254 e. The second-order valence-corrected chi connectivity index (χ2v) is 7.92. The molecular weight excluding hydrogens is 406 g/mol. The number of piperazine rings is 1. The average molecular weight is 436 g/mol. The van der Waals surface area contributed by atoms with E-state index in [-0.39, 0.29) is 11.8 Å². The van der Waals surface area contributed by atoms with Gasteiger partial charge in [-0.15, -0.1) is 6.58 Å². The van der Waals surface area contributed by atoms with E-state index in [9.17, 15) is 9.59 Å². The van der Waals surface area contributed by atoms with Crippen molar-refractivity contribution in [3.8, 4) is 11.5 Å². The third-order valence-corrected chi connectivity index (χ3v) is 6.16. The highest BCUT2D eigenvalue weighted by Crippen LogP contribution is 2.36. The van der Waals surface area contributed by atoms with Crippen molar-refractivity contribution < 1.29 is 19.1 Å². The molecule has 7 heteroatoms. The summed E-state index contributed by atoms with van der Waals surface area (Å²) in [5.41, 5.74) is 3.92. The summed E-state index contributed by atoms with van der Waals surface area (Å²) in [5.74, 6) is 1.28. The monoisotopic (exact) mass is 435 g/mol. The Morgan fingerprint density at radius 1 is 1.00 bits per heavy atom. The van der Waals surface area contributed by atoms with Gasteiger partial charge in [0.25, 0.3) is 5.91 Å². The zero-order valence-electron chi connectivity index (χ0n) is 18.7. The van der Waals surface area contributed by atoms with Crippen LogP contribution in [0.25, 0.3) is 0 Å². The van der Waals surface area contributed by atoms with E-state index in [2.05, 4.69) is 17.5 Å². The van der Waals surface area contributed by atoms with Gasteiger partial charge in [0.05, 0.1) is 14.2 Å². The maximum absolute atomic E-state index is 13.1. The van der Waals surface area contributed by atoms with Gasteiger partial charge in [-0.3, -0.25) is 9.59 Å². The van der Waals surface area contributed by atoms with Gasteiger partial charge in [-0.1, -0.05) is 12.1 Å². The molecule has 168 valence electrons. The molecule has 0 N–H and O–H groups in total. The minimum absolute atomic E-state index is 0.0107. The second-order valence-electron chi connectivity index (χ2n) is 7.92. The molecule has 0 aromatic heterocycles. The van der Waals surface area contributed by atoms with Crippen LogP contribution in [0.15, 0.2) is 49.1 Å². The van der Waals surface area contributed by atoms with Crippen molar-refractivity contribution in [2.24, 2.45) is 0 Å². The Morgan fingerprint density at radius 2 is 1.72 bits per heavy atom. The van der Waals surface area contributed by atoms with Crippen LogP contribution >= 0.6 is 0 Å². The van der Waals surface area contributed by atoms with E-state index in [1.54, 1.807) is 38.5 Å². The Kier molecular flexibility index (Phi) is 6.35. The van der Waals surface area contributed by atoms with Crippen LogP contribution in [0.5, 0.6) is 11.5 Å². The number of hydrogen-bond acceptors (Lipinski definition) is 5. The highest BCUT2D eigenvalue weighted by atomic mass is 16.5. The van der Waals surface area contributed by atoms with Crippen LogP contribution in [-0.4, -0.2) is 63.7 Å². The summed E-state index contributed by atoms with van der Waals surface area (Å²) in [4.78, 5) is 31.4. The van der Waals surface area contributed by atoms with Crippen molar-refractivity contribution in [1.82, 2.24) is 4.90 Å². The Hall–Kier alpha value is -3.48. The average Bonchev–Trinajstić information content (AvgIpc) is 2.84. The normalized spacial score (nSPS) is 15.9. The largest absolute Gasteiger partial charge is 0.493 e. The van der Waals surface area contributed by atoms with Crippen molar-refractivity contribution in [1.29, 1.82) is 0 Å². The molecule has 2 aromatic carbocycles. The number of ether oxygens (including phenoxy) is 2. The molecule has 1 fully saturated rings. The van der Waals surface area contributed by atoms with Gasteiger partial charge < -0.3 is 24.2 Å². The number of benzene rings is 2. The number of amides is 2. The van der Waals surface area contributed by atoms with Crippen LogP contribution < -0.4 is 19.3 Å². The molecule has 0 spiro atoms. The molecule has 2 heterocycles. The summed E-state index contributed by atoms with van der Waals surface area (Å²) < 4.78 is 10.6. The molecule has 2 aromatic rings. The number of nitrogens with zero attached hydrogens (tertiary/aromatic N) is 3. The molecule has 7 nitrogen and oxygen atoms in total. The highest BCUT2D eigenvalue weighted by Gasteiger charge is 2.29. The topological polar surface area (TPSA) is 62.3 Å². The number of hydrogen-bond donors (Lipinski definition) is 0. The molecule has 0 atom stereocenters. The Balaban J connectivity index is 1.48. The molecule has 2 amide bonds. The van der Waals surface area contributed by atoms with Crippen molar-refractivity contribution in [2.45, 2.75) is 12.8 Å². The maximum atomic E-state index is 13.1. The first-order valence-electron chi connectivity index (χ1n) is 10.9. The molecule has 0 saturated carbocycles. The van der Waals surface area contributed by atoms with Crippen LogP contribution in [0, 0.1) is 0 Å². The molecule has 0 radical (unpaired) electrons. The number of fused-ring (bicyclic) bond motifs is 1. The molecule has 1 saturated heterocycles. The molecule has 32 heavy (non-hydrogen) atoms. The zero-order chi connectivity index (χ0) is 22.7. The number of methoxy groups -OCH3 is 2. The van der Waals surface area contributed by atoms with Crippen molar-refractivity contribution in [2.75, 3.05) is 56.7 Å². The van der Waals surface area contributed by atoms with Crippen molar-refractivity contribution in [3.63, 3.8) is 0 Å². The van der Waals surface area contributed by atoms with E-state index >= 15 is 0 Å². The lowest BCUT2D eigenvalue weighted by Gasteiger charge is -2.39. The van der Waals surface area contributed by atoms with Gasteiger partial charge in [-0.25, -0.2) is 0 Å². The molecule has 2 aliphatic rings. The smallest absolute Gasteiger partial charge is 0.254 e. The van der Waals surface area contributed by atoms with E-state index in [1.807, 2.05) is 21.9 Å². The third-order valence-electron chi connectivity index (χ3n) is 6.16. The van der Waals surface area contributed by atoms with Crippen LogP contribution in [0.3, 0.4) is 0 Å². The fourth-order valence-corrected chi connectivity index (χ4v) is 4.50. The van der Waals surface area contributed by atoms with E-state index < -0.39 is 0 Å². The number of anilines is 2. The van der Waals surface area contributed by atoms with Gasteiger partial charge in [0.1, 0.15) is 0 Å². The van der Waals surface area contributed by atoms with Gasteiger partial charge in [0.2, 0.25) is 5.91 Å². The van der Waals surface area contributed by atoms with Gasteiger partial charge in [0, 0.05) is 56.1 Å². The van der Waals surface area contributed by atoms with E-state index in [0.717, 1.165) is 30.9 Å². The lowest BCUT2D eigenvalue weighted by Crippen LogP contribution is -2.49. The number of rotatable bonds is 6.